The normalized spacial score (nSPS) is 10.9. The van der Waals surface area contributed by atoms with Crippen molar-refractivity contribution in [1.82, 2.24) is 0 Å². The Balaban J connectivity index is 3.34. The van der Waals surface area contributed by atoms with Crippen molar-refractivity contribution in [1.29, 1.82) is 0 Å². The van der Waals surface area contributed by atoms with E-state index in [1.807, 2.05) is 0 Å². The Morgan fingerprint density at radius 1 is 1.56 bits per heavy atom. The summed E-state index contributed by atoms with van der Waals surface area (Å²) in [7, 11) is 0. The Hall–Kier alpha value is -1.38. The summed E-state index contributed by atoms with van der Waals surface area (Å²) in [5.41, 5.74) is 5.09. The van der Waals surface area contributed by atoms with Gasteiger partial charge in [0.05, 0.1) is 7.06 Å². The molecule has 3 nitrogen and oxygen atoms in total. The SMILES string of the molecule is [3H]c1ccc(O)c(O)c1N. The molecule has 0 aliphatic heterocycles. The highest BCUT2D eigenvalue weighted by molar-refractivity contribution is 5.58. The van der Waals surface area contributed by atoms with Gasteiger partial charge in [-0.3, -0.25) is 0 Å². The number of aromatic hydroxyl groups is 2. The zero-order chi connectivity index (χ0) is 7.72. The summed E-state index contributed by atoms with van der Waals surface area (Å²) in [4.78, 5) is 0. The minimum Gasteiger partial charge on any atom is -0.504 e. The summed E-state index contributed by atoms with van der Waals surface area (Å²) in [6.07, 6.45) is 0. The fourth-order valence-electron chi connectivity index (χ4n) is 0.496. The van der Waals surface area contributed by atoms with Gasteiger partial charge in [-0.1, -0.05) is 6.07 Å². The molecular formula is C6H7NO2. The lowest BCUT2D eigenvalue weighted by Crippen LogP contribution is -1.83. The molecule has 48 valence electrons. The Morgan fingerprint density at radius 3 is 2.78 bits per heavy atom. The van der Waals surface area contributed by atoms with Gasteiger partial charge in [0.25, 0.3) is 0 Å². The Bertz CT molecular complexity index is 235. The van der Waals surface area contributed by atoms with Gasteiger partial charge >= 0.3 is 0 Å². The lowest BCUT2D eigenvalue weighted by molar-refractivity contribution is 0.405. The monoisotopic (exact) mass is 127 g/mol. The second-order valence-corrected chi connectivity index (χ2v) is 1.63. The number of para-hydroxylation sites is 1. The van der Waals surface area contributed by atoms with Crippen molar-refractivity contribution in [3.8, 4) is 11.5 Å². The maximum absolute atomic E-state index is 8.89. The van der Waals surface area contributed by atoms with Crippen molar-refractivity contribution >= 4 is 5.69 Å². The van der Waals surface area contributed by atoms with Crippen LogP contribution >= 0.6 is 0 Å². The van der Waals surface area contributed by atoms with Crippen LogP contribution in [0.25, 0.3) is 0 Å². The number of rotatable bonds is 0. The zero-order valence-electron chi connectivity index (χ0n) is 5.63. The molecule has 0 aromatic heterocycles. The maximum atomic E-state index is 8.89. The van der Waals surface area contributed by atoms with E-state index in [0.717, 1.165) is 0 Å². The third-order valence-electron chi connectivity index (χ3n) is 0.978. The van der Waals surface area contributed by atoms with Crippen LogP contribution in [0, 0.1) is 0 Å². The molecule has 3 heteroatoms. The third kappa shape index (κ3) is 0.887. The number of phenols is 2. The van der Waals surface area contributed by atoms with Gasteiger partial charge in [-0.25, -0.2) is 0 Å². The summed E-state index contributed by atoms with van der Waals surface area (Å²) in [5, 5.41) is 17.7. The van der Waals surface area contributed by atoms with Gasteiger partial charge in [0.15, 0.2) is 11.5 Å². The quantitative estimate of drug-likeness (QED) is 0.354. The molecule has 4 N–H and O–H groups in total. The number of hydrogen-bond donors (Lipinski definition) is 3. The standard InChI is InChI=1S/C6H7NO2/c7-4-2-1-3-5(8)6(4)9/h1-3,8-9H,7H2/i2T. The third-order valence-corrected chi connectivity index (χ3v) is 0.978. The highest BCUT2D eigenvalue weighted by Gasteiger charge is 1.98. The van der Waals surface area contributed by atoms with Crippen LogP contribution in [0.2, 0.25) is 0 Å². The van der Waals surface area contributed by atoms with Crippen molar-refractivity contribution in [3.63, 3.8) is 0 Å². The van der Waals surface area contributed by atoms with Crippen LogP contribution in [-0.2, 0) is 0 Å². The summed E-state index contributed by atoms with van der Waals surface area (Å²) in [6.45, 7) is 0. The van der Waals surface area contributed by atoms with Gasteiger partial charge in [-0.2, -0.15) is 0 Å². The first-order valence-electron chi connectivity index (χ1n) is 2.90. The first-order valence-corrected chi connectivity index (χ1v) is 2.40. The molecule has 0 spiro atoms. The van der Waals surface area contributed by atoms with E-state index in [2.05, 4.69) is 0 Å². The topological polar surface area (TPSA) is 66.5 Å². The molecule has 1 aromatic rings. The molecule has 0 bridgehead atoms. The highest BCUT2D eigenvalue weighted by atomic mass is 16.3. The lowest BCUT2D eigenvalue weighted by Gasteiger charge is -1.97. The van der Waals surface area contributed by atoms with E-state index in [4.69, 9.17) is 17.3 Å². The van der Waals surface area contributed by atoms with E-state index in [0.29, 0.717) is 0 Å². The predicted octanol–water partition coefficient (Wildman–Crippen LogP) is 0.680. The fourth-order valence-corrected chi connectivity index (χ4v) is 0.496. The minimum absolute atomic E-state index is 0.00954. The number of anilines is 1. The van der Waals surface area contributed by atoms with E-state index in [-0.39, 0.29) is 17.5 Å². The molecule has 0 saturated heterocycles. The molecule has 1 aromatic carbocycles. The number of nitrogen functional groups attached to an aromatic ring is 1. The molecule has 0 atom stereocenters. The Kier molecular flexibility index (Phi) is 0.926. The van der Waals surface area contributed by atoms with Crippen LogP contribution in [0.1, 0.15) is 1.37 Å². The Morgan fingerprint density at radius 2 is 2.22 bits per heavy atom. The maximum Gasteiger partial charge on any atom is 0.180 e. The zero-order valence-corrected chi connectivity index (χ0v) is 4.63. The van der Waals surface area contributed by atoms with Gasteiger partial charge in [-0.05, 0) is 12.1 Å². The van der Waals surface area contributed by atoms with Gasteiger partial charge < -0.3 is 15.9 Å². The lowest BCUT2D eigenvalue weighted by atomic mass is 10.3. The summed E-state index contributed by atoms with van der Waals surface area (Å²) >= 11 is 0. The molecule has 0 saturated carbocycles. The molecule has 9 heavy (non-hydrogen) atoms. The molecule has 0 unspecified atom stereocenters. The summed E-state index contributed by atoms with van der Waals surface area (Å²) < 4.78 is 7.06. The van der Waals surface area contributed by atoms with Crippen LogP contribution in [0.3, 0.4) is 0 Å². The average molecular weight is 127 g/mol. The van der Waals surface area contributed by atoms with E-state index >= 15 is 0 Å². The number of benzene rings is 1. The van der Waals surface area contributed by atoms with E-state index < -0.39 is 5.75 Å². The van der Waals surface area contributed by atoms with Gasteiger partial charge in [0.2, 0.25) is 0 Å². The molecule has 0 heterocycles. The first kappa shape index (κ1) is 4.49. The van der Waals surface area contributed by atoms with Gasteiger partial charge in [0, 0.05) is 0 Å². The van der Waals surface area contributed by atoms with Crippen LogP contribution in [-0.4, -0.2) is 10.2 Å². The molecule has 0 fully saturated rings. The number of phenolic OH excluding ortho intramolecular Hbond substituents is 2. The highest BCUT2D eigenvalue weighted by Crippen LogP contribution is 2.29. The number of hydrogen-bond acceptors (Lipinski definition) is 3. The minimum atomic E-state index is -0.424. The van der Waals surface area contributed by atoms with Crippen LogP contribution in [0.4, 0.5) is 5.69 Å². The second kappa shape index (κ2) is 1.85. The first-order chi connectivity index (χ1) is 4.63. The van der Waals surface area contributed by atoms with E-state index in [9.17, 15) is 0 Å². The van der Waals surface area contributed by atoms with Crippen molar-refractivity contribution in [2.24, 2.45) is 0 Å². The largest absolute Gasteiger partial charge is 0.504 e. The van der Waals surface area contributed by atoms with Crippen molar-refractivity contribution in [2.75, 3.05) is 5.73 Å². The smallest absolute Gasteiger partial charge is 0.180 e. The van der Waals surface area contributed by atoms with Crippen molar-refractivity contribution in [3.05, 3.63) is 18.2 Å². The van der Waals surface area contributed by atoms with Gasteiger partial charge in [0.1, 0.15) is 0 Å². The second-order valence-electron chi connectivity index (χ2n) is 1.63. The average Bonchev–Trinajstić information content (AvgIpc) is 1.93. The number of nitrogens with two attached hydrogens (primary N) is 1. The Labute approximate surface area is 53.8 Å². The fraction of sp³-hybridized carbons (Fsp3) is 0. The van der Waals surface area contributed by atoms with E-state index in [1.54, 1.807) is 0 Å². The van der Waals surface area contributed by atoms with Crippen LogP contribution in [0.15, 0.2) is 18.2 Å². The predicted molar refractivity (Wildman–Crippen MR) is 34.2 cm³/mol. The van der Waals surface area contributed by atoms with Crippen LogP contribution in [0.5, 0.6) is 11.5 Å². The van der Waals surface area contributed by atoms with Crippen molar-refractivity contribution in [2.45, 2.75) is 0 Å². The molecule has 0 aliphatic rings. The van der Waals surface area contributed by atoms with E-state index in [1.165, 1.54) is 12.1 Å². The summed E-state index contributed by atoms with van der Waals surface area (Å²) in [5.74, 6) is -0.721. The van der Waals surface area contributed by atoms with Gasteiger partial charge in [-0.15, -0.1) is 0 Å². The molecule has 1 rings (SSSR count). The molecule has 0 radical (unpaired) electrons. The summed E-state index contributed by atoms with van der Waals surface area (Å²) in [6, 6.07) is 2.54. The van der Waals surface area contributed by atoms with Crippen molar-refractivity contribution < 1.29 is 11.6 Å². The molecule has 0 amide bonds. The molecular weight excluding hydrogens is 118 g/mol. The van der Waals surface area contributed by atoms with Crippen LogP contribution < -0.4 is 5.73 Å². The molecule has 0 aliphatic carbocycles.